The molecule has 0 unspecified atom stereocenters. The van der Waals surface area contributed by atoms with Gasteiger partial charge in [-0.15, -0.1) is 0 Å². The van der Waals surface area contributed by atoms with Crippen LogP contribution < -0.4 is 9.47 Å². The number of ether oxygens (including phenoxy) is 2. The minimum Gasteiger partial charge on any atom is -0.496 e. The number of halogens is 2. The van der Waals surface area contributed by atoms with E-state index in [0.717, 1.165) is 0 Å². The highest BCUT2D eigenvalue weighted by atomic mass is 35.5. The average molecular weight is 380 g/mol. The Morgan fingerprint density at radius 1 is 1.04 bits per heavy atom. The first kappa shape index (κ1) is 17.6. The lowest BCUT2D eigenvalue weighted by Gasteiger charge is -2.12. The van der Waals surface area contributed by atoms with Gasteiger partial charge in [0.25, 0.3) is 0 Å². The molecule has 0 aliphatic rings. The standard InChI is InChI=1S/C18H15Cl2NO4/c1-23-13-7-4-8-14(24-2)15(13)17-11(9-22)18(25-21-17)10-5-3-6-12(19)16(10)20/h3-8,22H,9H2,1-2H3. The molecular formula is C18H15Cl2NO4. The van der Waals surface area contributed by atoms with Crippen molar-refractivity contribution in [2.24, 2.45) is 0 Å². The Balaban J connectivity index is 2.25. The molecule has 0 aliphatic heterocycles. The molecule has 3 rings (SSSR count). The second-order valence-electron chi connectivity index (χ2n) is 5.14. The number of aliphatic hydroxyl groups excluding tert-OH is 1. The molecule has 0 radical (unpaired) electrons. The maximum Gasteiger partial charge on any atom is 0.174 e. The Morgan fingerprint density at radius 3 is 2.28 bits per heavy atom. The number of methoxy groups -OCH3 is 2. The summed E-state index contributed by atoms with van der Waals surface area (Å²) in [5, 5.41) is 14.8. The van der Waals surface area contributed by atoms with Gasteiger partial charge in [0.1, 0.15) is 17.2 Å². The fraction of sp³-hybridized carbons (Fsp3) is 0.167. The van der Waals surface area contributed by atoms with Gasteiger partial charge in [-0.05, 0) is 24.3 Å². The third-order valence-corrected chi connectivity index (χ3v) is 4.63. The Morgan fingerprint density at radius 2 is 1.68 bits per heavy atom. The molecule has 2 aromatic carbocycles. The number of nitrogens with zero attached hydrogens (tertiary/aromatic N) is 1. The van der Waals surface area contributed by atoms with Crippen LogP contribution in [0.25, 0.3) is 22.6 Å². The van der Waals surface area contributed by atoms with Crippen molar-refractivity contribution in [2.75, 3.05) is 14.2 Å². The van der Waals surface area contributed by atoms with Crippen LogP contribution in [0.1, 0.15) is 5.56 Å². The molecule has 130 valence electrons. The third-order valence-electron chi connectivity index (χ3n) is 3.81. The topological polar surface area (TPSA) is 64.7 Å². The Bertz CT molecular complexity index is 886. The van der Waals surface area contributed by atoms with E-state index in [9.17, 15) is 5.11 Å². The predicted octanol–water partition coefficient (Wildman–Crippen LogP) is 4.82. The van der Waals surface area contributed by atoms with Crippen LogP contribution in [0.3, 0.4) is 0 Å². The number of aromatic nitrogens is 1. The molecular weight excluding hydrogens is 365 g/mol. The smallest absolute Gasteiger partial charge is 0.174 e. The SMILES string of the molecule is COc1cccc(OC)c1-c1noc(-c2cccc(Cl)c2Cl)c1CO. The van der Waals surface area contributed by atoms with Crippen molar-refractivity contribution in [1.29, 1.82) is 0 Å². The van der Waals surface area contributed by atoms with Crippen LogP contribution in [0.15, 0.2) is 40.9 Å². The van der Waals surface area contributed by atoms with Gasteiger partial charge in [-0.2, -0.15) is 0 Å². The number of aliphatic hydroxyl groups is 1. The fourth-order valence-electron chi connectivity index (χ4n) is 2.63. The molecule has 0 spiro atoms. The lowest BCUT2D eigenvalue weighted by Crippen LogP contribution is -1.96. The van der Waals surface area contributed by atoms with Crippen molar-refractivity contribution in [1.82, 2.24) is 5.16 Å². The summed E-state index contributed by atoms with van der Waals surface area (Å²) >= 11 is 12.4. The van der Waals surface area contributed by atoms with Gasteiger partial charge in [0.15, 0.2) is 5.76 Å². The number of hydrogen-bond donors (Lipinski definition) is 1. The van der Waals surface area contributed by atoms with Gasteiger partial charge in [0, 0.05) is 5.56 Å². The van der Waals surface area contributed by atoms with E-state index in [1.165, 1.54) is 0 Å². The molecule has 0 amide bonds. The molecule has 0 fully saturated rings. The van der Waals surface area contributed by atoms with Crippen LogP contribution >= 0.6 is 23.2 Å². The molecule has 0 bridgehead atoms. The highest BCUT2D eigenvalue weighted by Gasteiger charge is 2.25. The average Bonchev–Trinajstić information content (AvgIpc) is 3.06. The van der Waals surface area contributed by atoms with E-state index in [2.05, 4.69) is 5.16 Å². The summed E-state index contributed by atoms with van der Waals surface area (Å²) in [6.07, 6.45) is 0. The lowest BCUT2D eigenvalue weighted by atomic mass is 10.0. The van der Waals surface area contributed by atoms with Crippen LogP contribution in [0.5, 0.6) is 11.5 Å². The highest BCUT2D eigenvalue weighted by Crippen LogP contribution is 2.43. The van der Waals surface area contributed by atoms with Crippen molar-refractivity contribution in [3.8, 4) is 34.1 Å². The fourth-order valence-corrected chi connectivity index (χ4v) is 3.01. The first-order valence-corrected chi connectivity index (χ1v) is 8.13. The number of hydrogen-bond acceptors (Lipinski definition) is 5. The van der Waals surface area contributed by atoms with Crippen LogP contribution in [-0.2, 0) is 6.61 Å². The summed E-state index contributed by atoms with van der Waals surface area (Å²) in [5.41, 5.74) is 2.02. The summed E-state index contributed by atoms with van der Waals surface area (Å²) in [7, 11) is 3.09. The van der Waals surface area contributed by atoms with Crippen molar-refractivity contribution >= 4 is 23.2 Å². The maximum atomic E-state index is 9.94. The first-order valence-electron chi connectivity index (χ1n) is 7.37. The van der Waals surface area contributed by atoms with E-state index < -0.39 is 0 Å². The van der Waals surface area contributed by atoms with E-state index in [0.29, 0.717) is 49.7 Å². The summed E-state index contributed by atoms with van der Waals surface area (Å²) in [5.74, 6) is 1.44. The minimum atomic E-state index is -0.307. The van der Waals surface area contributed by atoms with Crippen LogP contribution in [0, 0.1) is 0 Å². The molecule has 3 aromatic rings. The third kappa shape index (κ3) is 3.06. The molecule has 0 atom stereocenters. The van der Waals surface area contributed by atoms with Crippen molar-refractivity contribution < 1.29 is 19.1 Å². The minimum absolute atomic E-state index is 0.307. The second-order valence-corrected chi connectivity index (χ2v) is 5.92. The van der Waals surface area contributed by atoms with Crippen LogP contribution in [-0.4, -0.2) is 24.5 Å². The van der Waals surface area contributed by atoms with Crippen molar-refractivity contribution in [2.45, 2.75) is 6.61 Å². The van der Waals surface area contributed by atoms with E-state index in [-0.39, 0.29) is 6.61 Å². The Kier molecular flexibility index (Phi) is 5.18. The van der Waals surface area contributed by atoms with Gasteiger partial charge in [-0.3, -0.25) is 0 Å². The molecule has 0 saturated heterocycles. The molecule has 5 nitrogen and oxygen atoms in total. The van der Waals surface area contributed by atoms with Crippen molar-refractivity contribution in [3.63, 3.8) is 0 Å². The van der Waals surface area contributed by atoms with Gasteiger partial charge < -0.3 is 19.1 Å². The summed E-state index contributed by atoms with van der Waals surface area (Å²) in [6.45, 7) is -0.307. The zero-order valence-corrected chi connectivity index (χ0v) is 15.1. The Hall–Kier alpha value is -2.21. The van der Waals surface area contributed by atoms with Crippen LogP contribution in [0.2, 0.25) is 10.0 Å². The first-order chi connectivity index (χ1) is 12.1. The lowest BCUT2D eigenvalue weighted by molar-refractivity contribution is 0.281. The summed E-state index contributed by atoms with van der Waals surface area (Å²) in [6, 6.07) is 10.5. The van der Waals surface area contributed by atoms with Gasteiger partial charge in [0.2, 0.25) is 0 Å². The van der Waals surface area contributed by atoms with E-state index in [1.807, 2.05) is 0 Å². The normalized spacial score (nSPS) is 10.8. The van der Waals surface area contributed by atoms with E-state index in [4.69, 9.17) is 37.2 Å². The molecule has 0 saturated carbocycles. The van der Waals surface area contributed by atoms with Gasteiger partial charge >= 0.3 is 0 Å². The zero-order valence-electron chi connectivity index (χ0n) is 13.5. The molecule has 7 heteroatoms. The largest absolute Gasteiger partial charge is 0.496 e. The summed E-state index contributed by atoms with van der Waals surface area (Å²) in [4.78, 5) is 0. The monoisotopic (exact) mass is 379 g/mol. The maximum absolute atomic E-state index is 9.94. The van der Waals surface area contributed by atoms with Crippen molar-refractivity contribution in [3.05, 3.63) is 52.0 Å². The molecule has 1 aromatic heterocycles. The molecule has 1 heterocycles. The Labute approximate surface area is 154 Å². The van der Waals surface area contributed by atoms with E-state index >= 15 is 0 Å². The van der Waals surface area contributed by atoms with Gasteiger partial charge in [-0.25, -0.2) is 0 Å². The number of benzene rings is 2. The second kappa shape index (κ2) is 7.35. The highest BCUT2D eigenvalue weighted by molar-refractivity contribution is 6.43. The summed E-state index contributed by atoms with van der Waals surface area (Å²) < 4.78 is 16.3. The number of rotatable bonds is 5. The van der Waals surface area contributed by atoms with E-state index in [1.54, 1.807) is 50.6 Å². The van der Waals surface area contributed by atoms with Gasteiger partial charge in [-0.1, -0.05) is 40.5 Å². The molecule has 1 N–H and O–H groups in total. The van der Waals surface area contributed by atoms with Gasteiger partial charge in [0.05, 0.1) is 42.0 Å². The van der Waals surface area contributed by atoms with Crippen LogP contribution in [0.4, 0.5) is 0 Å². The quantitative estimate of drug-likeness (QED) is 0.687. The molecule has 0 aliphatic carbocycles. The molecule has 25 heavy (non-hydrogen) atoms. The zero-order chi connectivity index (χ0) is 18.0. The predicted molar refractivity (Wildman–Crippen MR) is 96.4 cm³/mol.